The molecule has 0 bridgehead atoms. The molecular weight excluding hydrogens is 180 g/mol. The second-order valence-corrected chi connectivity index (χ2v) is 4.28. The fourth-order valence-electron chi connectivity index (χ4n) is 0.943. The van der Waals surface area contributed by atoms with Gasteiger partial charge in [-0.05, 0) is 30.7 Å². The Morgan fingerprint density at radius 3 is 3.08 bits per heavy atom. The van der Waals surface area contributed by atoms with Gasteiger partial charge in [0.1, 0.15) is 0 Å². The highest BCUT2D eigenvalue weighted by molar-refractivity contribution is 7.98. The molecule has 0 aliphatic carbocycles. The van der Waals surface area contributed by atoms with Crippen molar-refractivity contribution in [3.63, 3.8) is 0 Å². The molecule has 0 saturated carbocycles. The molecule has 1 heterocycles. The molecule has 0 spiro atoms. The summed E-state index contributed by atoms with van der Waals surface area (Å²) >= 11 is 1.91. The molecule has 3 heteroatoms. The average Bonchev–Trinajstić information content (AvgIpc) is 2.14. The zero-order chi connectivity index (χ0) is 9.52. The van der Waals surface area contributed by atoms with Crippen LogP contribution in [0.5, 0.6) is 0 Å². The molecule has 1 rings (SSSR count). The Bertz CT molecular complexity index is 224. The molecule has 0 amide bonds. The van der Waals surface area contributed by atoms with E-state index in [0.717, 1.165) is 17.9 Å². The smallest absolute Gasteiger partial charge is 0.0308 e. The van der Waals surface area contributed by atoms with Crippen LogP contribution >= 0.6 is 11.8 Å². The molecule has 0 radical (unpaired) electrons. The highest BCUT2D eigenvalue weighted by atomic mass is 32.2. The van der Waals surface area contributed by atoms with Gasteiger partial charge in [-0.2, -0.15) is 11.8 Å². The van der Waals surface area contributed by atoms with E-state index >= 15 is 0 Å². The van der Waals surface area contributed by atoms with E-state index in [2.05, 4.69) is 11.1 Å². The standard InChI is InChI=1S/C10H16N2S/c1-9(11)4-6-13-8-10-3-2-5-12-7-10/h2-3,5,7,9H,4,6,8,11H2,1H3. The van der Waals surface area contributed by atoms with Crippen molar-refractivity contribution in [2.75, 3.05) is 5.75 Å². The van der Waals surface area contributed by atoms with E-state index in [1.165, 1.54) is 5.56 Å². The third-order valence-electron chi connectivity index (χ3n) is 1.71. The maximum atomic E-state index is 5.65. The first-order valence-electron chi connectivity index (χ1n) is 4.51. The van der Waals surface area contributed by atoms with E-state index in [1.54, 1.807) is 6.20 Å². The van der Waals surface area contributed by atoms with Gasteiger partial charge in [0.05, 0.1) is 0 Å². The summed E-state index contributed by atoms with van der Waals surface area (Å²) in [4.78, 5) is 4.06. The Balaban J connectivity index is 2.13. The number of thioether (sulfide) groups is 1. The van der Waals surface area contributed by atoms with Crippen molar-refractivity contribution in [1.29, 1.82) is 0 Å². The average molecular weight is 196 g/mol. The number of rotatable bonds is 5. The van der Waals surface area contributed by atoms with Crippen molar-refractivity contribution < 1.29 is 0 Å². The maximum Gasteiger partial charge on any atom is 0.0308 e. The van der Waals surface area contributed by atoms with Gasteiger partial charge in [-0.25, -0.2) is 0 Å². The summed E-state index contributed by atoms with van der Waals surface area (Å²) in [7, 11) is 0. The van der Waals surface area contributed by atoms with Crippen molar-refractivity contribution in [1.82, 2.24) is 4.98 Å². The fourth-order valence-corrected chi connectivity index (χ4v) is 2.03. The second-order valence-electron chi connectivity index (χ2n) is 3.18. The molecule has 1 aromatic rings. The number of nitrogens with zero attached hydrogens (tertiary/aromatic N) is 1. The molecule has 72 valence electrons. The molecule has 0 aliphatic heterocycles. The normalized spacial score (nSPS) is 12.8. The SMILES string of the molecule is CC(N)CCSCc1cccnc1. The van der Waals surface area contributed by atoms with Gasteiger partial charge in [0.15, 0.2) is 0 Å². The van der Waals surface area contributed by atoms with Crippen LogP contribution in [0, 0.1) is 0 Å². The molecule has 2 nitrogen and oxygen atoms in total. The number of pyridine rings is 1. The minimum atomic E-state index is 0.321. The number of hydrogen-bond donors (Lipinski definition) is 1. The van der Waals surface area contributed by atoms with E-state index in [1.807, 2.05) is 30.9 Å². The number of aromatic nitrogens is 1. The monoisotopic (exact) mass is 196 g/mol. The summed E-state index contributed by atoms with van der Waals surface area (Å²) < 4.78 is 0. The maximum absolute atomic E-state index is 5.65. The van der Waals surface area contributed by atoms with Crippen molar-refractivity contribution in [3.05, 3.63) is 30.1 Å². The lowest BCUT2D eigenvalue weighted by Gasteiger charge is -2.04. The Labute approximate surface area is 83.9 Å². The van der Waals surface area contributed by atoms with E-state index in [9.17, 15) is 0 Å². The first kappa shape index (κ1) is 10.5. The zero-order valence-corrected chi connectivity index (χ0v) is 8.76. The molecule has 0 aromatic carbocycles. The van der Waals surface area contributed by atoms with Crippen LogP contribution in [-0.2, 0) is 5.75 Å². The Morgan fingerprint density at radius 1 is 1.62 bits per heavy atom. The predicted octanol–water partition coefficient (Wildman–Crippen LogP) is 2.05. The van der Waals surface area contributed by atoms with Gasteiger partial charge in [-0.15, -0.1) is 0 Å². The minimum absolute atomic E-state index is 0.321. The summed E-state index contributed by atoms with van der Waals surface area (Å²) in [5.74, 6) is 2.17. The number of hydrogen-bond acceptors (Lipinski definition) is 3. The predicted molar refractivity (Wildman–Crippen MR) is 58.7 cm³/mol. The van der Waals surface area contributed by atoms with Crippen molar-refractivity contribution in [3.8, 4) is 0 Å². The van der Waals surface area contributed by atoms with Crippen LogP contribution in [-0.4, -0.2) is 16.8 Å². The van der Waals surface area contributed by atoms with Gasteiger partial charge in [0.25, 0.3) is 0 Å². The Hall–Kier alpha value is -0.540. The van der Waals surface area contributed by atoms with Crippen LogP contribution in [0.4, 0.5) is 0 Å². The largest absolute Gasteiger partial charge is 0.328 e. The molecular formula is C10H16N2S. The third kappa shape index (κ3) is 4.90. The van der Waals surface area contributed by atoms with Crippen molar-refractivity contribution in [2.24, 2.45) is 5.73 Å². The van der Waals surface area contributed by atoms with Crippen molar-refractivity contribution >= 4 is 11.8 Å². The topological polar surface area (TPSA) is 38.9 Å². The molecule has 1 unspecified atom stereocenters. The van der Waals surface area contributed by atoms with Crippen LogP contribution < -0.4 is 5.73 Å². The van der Waals surface area contributed by atoms with Gasteiger partial charge in [0.2, 0.25) is 0 Å². The zero-order valence-electron chi connectivity index (χ0n) is 7.94. The Morgan fingerprint density at radius 2 is 2.46 bits per heavy atom. The molecule has 0 saturated heterocycles. The summed E-state index contributed by atoms with van der Waals surface area (Å²) in [6, 6.07) is 4.40. The molecule has 1 atom stereocenters. The van der Waals surface area contributed by atoms with Crippen LogP contribution in [0.2, 0.25) is 0 Å². The van der Waals surface area contributed by atoms with Gasteiger partial charge in [-0.3, -0.25) is 4.98 Å². The highest BCUT2D eigenvalue weighted by Crippen LogP contribution is 2.11. The van der Waals surface area contributed by atoms with Crippen LogP contribution in [0.25, 0.3) is 0 Å². The third-order valence-corrected chi connectivity index (χ3v) is 2.77. The minimum Gasteiger partial charge on any atom is -0.328 e. The lowest BCUT2D eigenvalue weighted by atomic mass is 10.3. The molecule has 2 N–H and O–H groups in total. The molecule has 13 heavy (non-hydrogen) atoms. The van der Waals surface area contributed by atoms with Gasteiger partial charge >= 0.3 is 0 Å². The van der Waals surface area contributed by atoms with Gasteiger partial charge < -0.3 is 5.73 Å². The van der Waals surface area contributed by atoms with E-state index < -0.39 is 0 Å². The first-order chi connectivity index (χ1) is 6.29. The summed E-state index contributed by atoms with van der Waals surface area (Å²) in [6.45, 7) is 2.05. The fraction of sp³-hybridized carbons (Fsp3) is 0.500. The van der Waals surface area contributed by atoms with Crippen LogP contribution in [0.15, 0.2) is 24.5 Å². The summed E-state index contributed by atoms with van der Waals surface area (Å²) in [5, 5.41) is 0. The summed E-state index contributed by atoms with van der Waals surface area (Å²) in [6.07, 6.45) is 4.81. The molecule has 0 aliphatic rings. The van der Waals surface area contributed by atoms with Gasteiger partial charge in [-0.1, -0.05) is 6.07 Å². The Kier molecular flexibility index (Phi) is 4.86. The lowest BCUT2D eigenvalue weighted by Crippen LogP contribution is -2.15. The number of nitrogens with two attached hydrogens (primary N) is 1. The second kappa shape index (κ2) is 6.00. The van der Waals surface area contributed by atoms with E-state index in [4.69, 9.17) is 5.73 Å². The quantitative estimate of drug-likeness (QED) is 0.733. The van der Waals surface area contributed by atoms with Crippen molar-refractivity contribution in [2.45, 2.75) is 25.1 Å². The van der Waals surface area contributed by atoms with Gasteiger partial charge in [0, 0.05) is 24.2 Å². The van der Waals surface area contributed by atoms with E-state index in [-0.39, 0.29) is 0 Å². The molecule has 1 aromatic heterocycles. The van der Waals surface area contributed by atoms with E-state index in [0.29, 0.717) is 6.04 Å². The summed E-state index contributed by atoms with van der Waals surface area (Å²) in [5.41, 5.74) is 6.94. The van der Waals surface area contributed by atoms with Crippen LogP contribution in [0.1, 0.15) is 18.9 Å². The lowest BCUT2D eigenvalue weighted by molar-refractivity contribution is 0.721. The first-order valence-corrected chi connectivity index (χ1v) is 5.66. The van der Waals surface area contributed by atoms with Crippen LogP contribution in [0.3, 0.4) is 0 Å². The highest BCUT2D eigenvalue weighted by Gasteiger charge is 1.95. The molecule has 0 fully saturated rings.